The molecule has 0 bridgehead atoms. The fourth-order valence-electron chi connectivity index (χ4n) is 0.609. The van der Waals surface area contributed by atoms with Gasteiger partial charge in [0.15, 0.2) is 0 Å². The summed E-state index contributed by atoms with van der Waals surface area (Å²) < 4.78 is 0. The molecule has 78 valence electrons. The number of nitrogens with two attached hydrogens (primary N) is 1. The van der Waals surface area contributed by atoms with E-state index in [9.17, 15) is 4.79 Å². The van der Waals surface area contributed by atoms with Gasteiger partial charge in [-0.15, -0.1) is 10.1 Å². The second kappa shape index (κ2) is 7.29. The maximum atomic E-state index is 10.1. The summed E-state index contributed by atoms with van der Waals surface area (Å²) in [6.45, 7) is 3.89. The first-order chi connectivity index (χ1) is 5.77. The van der Waals surface area contributed by atoms with Crippen LogP contribution in [0, 0.1) is 16.0 Å². The monoisotopic (exact) mass is 194 g/mol. The SMILES string of the molecule is CC(C)CC(N)C(=O)O.O=[N+]([O-])O. The Morgan fingerprint density at radius 1 is 1.62 bits per heavy atom. The van der Waals surface area contributed by atoms with Crippen molar-refractivity contribution >= 4 is 5.97 Å². The lowest BCUT2D eigenvalue weighted by Crippen LogP contribution is -2.31. The van der Waals surface area contributed by atoms with E-state index in [0.717, 1.165) is 0 Å². The minimum absolute atomic E-state index is 0.357. The molecule has 1 atom stereocenters. The summed E-state index contributed by atoms with van der Waals surface area (Å²) in [5.74, 6) is -0.556. The van der Waals surface area contributed by atoms with Crippen LogP contribution in [0.1, 0.15) is 20.3 Å². The van der Waals surface area contributed by atoms with Gasteiger partial charge in [-0.1, -0.05) is 13.8 Å². The summed E-state index contributed by atoms with van der Waals surface area (Å²) >= 11 is 0. The molecule has 0 aromatic rings. The highest BCUT2D eigenvalue weighted by Gasteiger charge is 2.11. The number of carbonyl (C=O) groups is 1. The van der Waals surface area contributed by atoms with E-state index in [-0.39, 0.29) is 0 Å². The molecule has 0 saturated carbocycles. The van der Waals surface area contributed by atoms with Crippen LogP contribution in [0.4, 0.5) is 0 Å². The highest BCUT2D eigenvalue weighted by Crippen LogP contribution is 2.01. The molecule has 0 rings (SSSR count). The standard InChI is InChI=1S/C6H13NO2.HNO3/c1-4(2)3-5(7)6(8)9;2-1(3)4/h4-5H,3,7H2,1-2H3,(H,8,9);(H,2,3,4). The van der Waals surface area contributed by atoms with E-state index in [1.807, 2.05) is 13.8 Å². The topological polar surface area (TPSA) is 127 Å². The van der Waals surface area contributed by atoms with Crippen LogP contribution >= 0.6 is 0 Å². The van der Waals surface area contributed by atoms with Crippen LogP contribution < -0.4 is 5.73 Å². The Bertz CT molecular complexity index is 166. The quantitative estimate of drug-likeness (QED) is 0.431. The highest BCUT2D eigenvalue weighted by molar-refractivity contribution is 5.72. The molecule has 0 radical (unpaired) electrons. The summed E-state index contributed by atoms with van der Waals surface area (Å²) in [6.07, 6.45) is 0.551. The van der Waals surface area contributed by atoms with Crippen LogP contribution in [0.5, 0.6) is 0 Å². The van der Waals surface area contributed by atoms with Gasteiger partial charge in [-0.25, -0.2) is 0 Å². The zero-order valence-corrected chi connectivity index (χ0v) is 7.51. The van der Waals surface area contributed by atoms with Gasteiger partial charge >= 0.3 is 5.97 Å². The van der Waals surface area contributed by atoms with Crippen molar-refractivity contribution in [1.29, 1.82) is 0 Å². The minimum Gasteiger partial charge on any atom is -0.480 e. The van der Waals surface area contributed by atoms with Crippen molar-refractivity contribution < 1.29 is 20.2 Å². The summed E-state index contributed by atoms with van der Waals surface area (Å²) in [4.78, 5) is 18.5. The number of hydrogen-bond donors (Lipinski definition) is 3. The number of rotatable bonds is 3. The van der Waals surface area contributed by atoms with Crippen LogP contribution in [0.15, 0.2) is 0 Å². The third-order valence-corrected chi connectivity index (χ3v) is 1.04. The first-order valence-corrected chi connectivity index (χ1v) is 3.59. The van der Waals surface area contributed by atoms with Crippen molar-refractivity contribution in [2.75, 3.05) is 0 Å². The molecule has 0 amide bonds. The molecule has 1 unspecified atom stereocenters. The van der Waals surface area contributed by atoms with Crippen molar-refractivity contribution in [2.45, 2.75) is 26.3 Å². The summed E-state index contributed by atoms with van der Waals surface area (Å²) in [6, 6.07) is -0.690. The lowest BCUT2D eigenvalue weighted by molar-refractivity contribution is -0.742. The average Bonchev–Trinajstić information content (AvgIpc) is 1.83. The molecule has 0 aliphatic carbocycles. The molecule has 7 nitrogen and oxygen atoms in total. The third kappa shape index (κ3) is 18.0. The molecule has 0 spiro atoms. The van der Waals surface area contributed by atoms with Gasteiger partial charge in [0.1, 0.15) is 6.04 Å². The van der Waals surface area contributed by atoms with E-state index in [2.05, 4.69) is 0 Å². The van der Waals surface area contributed by atoms with Gasteiger partial charge < -0.3 is 16.0 Å². The van der Waals surface area contributed by atoms with Crippen molar-refractivity contribution in [2.24, 2.45) is 11.7 Å². The van der Waals surface area contributed by atoms with E-state index >= 15 is 0 Å². The smallest absolute Gasteiger partial charge is 0.320 e. The Labute approximate surface area is 75.3 Å². The summed E-state index contributed by atoms with van der Waals surface area (Å²) in [5, 5.41) is 21.9. The van der Waals surface area contributed by atoms with Crippen LogP contribution in [-0.2, 0) is 4.79 Å². The van der Waals surface area contributed by atoms with Crippen molar-refractivity contribution in [1.82, 2.24) is 0 Å². The van der Waals surface area contributed by atoms with E-state index in [1.54, 1.807) is 0 Å². The number of carboxylic acids is 1. The Morgan fingerprint density at radius 2 is 1.92 bits per heavy atom. The summed E-state index contributed by atoms with van der Waals surface area (Å²) in [5.41, 5.74) is 5.22. The lowest BCUT2D eigenvalue weighted by atomic mass is 10.1. The Kier molecular flexibility index (Phi) is 7.94. The van der Waals surface area contributed by atoms with Gasteiger partial charge in [0, 0.05) is 0 Å². The van der Waals surface area contributed by atoms with E-state index in [4.69, 9.17) is 26.2 Å². The fourth-order valence-corrected chi connectivity index (χ4v) is 0.609. The van der Waals surface area contributed by atoms with Crippen molar-refractivity contribution in [3.8, 4) is 0 Å². The predicted octanol–water partition coefficient (Wildman–Crippen LogP) is 0.0967. The largest absolute Gasteiger partial charge is 0.480 e. The first-order valence-electron chi connectivity index (χ1n) is 3.59. The van der Waals surface area contributed by atoms with E-state index < -0.39 is 17.1 Å². The second-order valence-corrected chi connectivity index (χ2v) is 2.81. The fraction of sp³-hybridized carbons (Fsp3) is 0.833. The van der Waals surface area contributed by atoms with E-state index in [0.29, 0.717) is 12.3 Å². The predicted molar refractivity (Wildman–Crippen MR) is 43.8 cm³/mol. The molecular formula is C6H14N2O5. The van der Waals surface area contributed by atoms with Gasteiger partial charge in [0.25, 0.3) is 5.09 Å². The second-order valence-electron chi connectivity index (χ2n) is 2.81. The van der Waals surface area contributed by atoms with E-state index in [1.165, 1.54) is 0 Å². The van der Waals surface area contributed by atoms with Crippen molar-refractivity contribution in [3.63, 3.8) is 0 Å². The maximum absolute atomic E-state index is 10.1. The molecule has 0 aromatic carbocycles. The first kappa shape index (κ1) is 14.2. The molecule has 0 fully saturated rings. The van der Waals surface area contributed by atoms with Gasteiger partial charge in [0.05, 0.1) is 0 Å². The highest BCUT2D eigenvalue weighted by atomic mass is 16.9. The molecule has 13 heavy (non-hydrogen) atoms. The van der Waals surface area contributed by atoms with Crippen LogP contribution in [0.3, 0.4) is 0 Å². The molecule has 0 aliphatic heterocycles. The van der Waals surface area contributed by atoms with Crippen LogP contribution in [0.25, 0.3) is 0 Å². The number of nitrogens with zero attached hydrogens (tertiary/aromatic N) is 1. The third-order valence-electron chi connectivity index (χ3n) is 1.04. The van der Waals surface area contributed by atoms with Crippen molar-refractivity contribution in [3.05, 3.63) is 10.1 Å². The molecule has 0 aliphatic rings. The molecule has 0 saturated heterocycles. The van der Waals surface area contributed by atoms with Gasteiger partial charge in [0.2, 0.25) is 0 Å². The van der Waals surface area contributed by atoms with Crippen LogP contribution in [-0.4, -0.2) is 27.4 Å². The zero-order chi connectivity index (χ0) is 11.0. The van der Waals surface area contributed by atoms with Gasteiger partial charge in [-0.05, 0) is 12.3 Å². The lowest BCUT2D eigenvalue weighted by Gasteiger charge is -2.07. The minimum atomic E-state index is -1.50. The normalized spacial score (nSPS) is 11.4. The van der Waals surface area contributed by atoms with Gasteiger partial charge in [-0.2, -0.15) is 0 Å². The Balaban J connectivity index is 0. The molecular weight excluding hydrogens is 180 g/mol. The molecule has 0 aromatic heterocycles. The zero-order valence-electron chi connectivity index (χ0n) is 7.51. The van der Waals surface area contributed by atoms with Crippen LogP contribution in [0.2, 0.25) is 0 Å². The Morgan fingerprint density at radius 3 is 2.00 bits per heavy atom. The number of hydrogen-bond acceptors (Lipinski definition) is 4. The van der Waals surface area contributed by atoms with Gasteiger partial charge in [-0.3, -0.25) is 4.79 Å². The maximum Gasteiger partial charge on any atom is 0.320 e. The molecule has 4 N–H and O–H groups in total. The molecule has 7 heteroatoms. The molecule has 0 heterocycles. The summed E-state index contributed by atoms with van der Waals surface area (Å²) in [7, 11) is 0. The average molecular weight is 194 g/mol. The number of aliphatic carboxylic acids is 1. The Hall–Kier alpha value is -1.37. The number of carboxylic acid groups (broad SMARTS) is 1.